The molecule has 1 fully saturated rings. The summed E-state index contributed by atoms with van der Waals surface area (Å²) in [5.41, 5.74) is 1.61. The summed E-state index contributed by atoms with van der Waals surface area (Å²) >= 11 is 1.40. The van der Waals surface area contributed by atoms with E-state index >= 15 is 0 Å². The molecular formula is C27H31N2O8PS. The molecule has 0 spiro atoms. The van der Waals surface area contributed by atoms with Gasteiger partial charge in [-0.1, -0.05) is 54.2 Å². The number of amides is 1. The smallest absolute Gasteiger partial charge is 0.497 e. The van der Waals surface area contributed by atoms with Crippen molar-refractivity contribution >= 4 is 36.5 Å². The molecule has 2 aromatic rings. The second kappa shape index (κ2) is 12.8. The van der Waals surface area contributed by atoms with Crippen LogP contribution in [0.2, 0.25) is 0 Å². The highest BCUT2D eigenvalue weighted by Gasteiger charge is 2.55. The number of β-lactam (4-membered cyclic amide) rings is 1. The molecule has 10 nitrogen and oxygen atoms in total. The maximum absolute atomic E-state index is 13.4. The number of aliphatic imine (C=N–C) groups is 1. The predicted octanol–water partition coefficient (Wildman–Crippen LogP) is 5.09. The third-order valence-corrected chi connectivity index (χ3v) is 8.75. The number of hydrogen-bond acceptors (Lipinski definition) is 10. The number of carbonyl (C=O) groups excluding carboxylic acids is 2. The summed E-state index contributed by atoms with van der Waals surface area (Å²) in [6.07, 6.45) is 0.569. The van der Waals surface area contributed by atoms with Crippen LogP contribution in [-0.4, -0.2) is 53.6 Å². The number of nitrogens with zero attached hydrogens (tertiary/aromatic N) is 2. The van der Waals surface area contributed by atoms with Crippen molar-refractivity contribution in [3.8, 4) is 5.75 Å². The zero-order chi connectivity index (χ0) is 28.0. The van der Waals surface area contributed by atoms with Crippen molar-refractivity contribution < 1.29 is 37.2 Å². The highest BCUT2D eigenvalue weighted by Crippen LogP contribution is 2.52. The molecule has 0 aromatic heterocycles. The Bertz CT molecular complexity index is 1290. The number of rotatable bonds is 13. The molecule has 0 aliphatic carbocycles. The fourth-order valence-electron chi connectivity index (χ4n) is 4.07. The van der Waals surface area contributed by atoms with Crippen LogP contribution in [0.1, 0.15) is 31.9 Å². The van der Waals surface area contributed by atoms with E-state index in [4.69, 9.17) is 23.0 Å². The van der Waals surface area contributed by atoms with Crippen LogP contribution >= 0.6 is 19.6 Å². The van der Waals surface area contributed by atoms with E-state index in [-0.39, 0.29) is 37.2 Å². The number of allylic oxidation sites excluding steroid dienone is 1. The SMILES string of the molecule is CCOP(=O)(OCC)OC(C)=C(C(=O)OCc1ccc(OC)cc1)N1C(=O)C2N=C(Cc3ccccc3)SC21. The summed E-state index contributed by atoms with van der Waals surface area (Å²) in [5.74, 6) is -0.632. The highest BCUT2D eigenvalue weighted by atomic mass is 32.2. The summed E-state index contributed by atoms with van der Waals surface area (Å²) in [7, 11) is -2.48. The lowest BCUT2D eigenvalue weighted by Gasteiger charge is -2.41. The Morgan fingerprint density at radius 1 is 1.03 bits per heavy atom. The molecule has 2 aliphatic rings. The van der Waals surface area contributed by atoms with Gasteiger partial charge >= 0.3 is 13.8 Å². The van der Waals surface area contributed by atoms with Crippen molar-refractivity contribution in [2.45, 2.75) is 45.2 Å². The zero-order valence-corrected chi connectivity index (χ0v) is 23.9. The molecule has 1 amide bonds. The lowest BCUT2D eigenvalue weighted by atomic mass is 10.1. The van der Waals surface area contributed by atoms with Crippen LogP contribution in [0.3, 0.4) is 0 Å². The van der Waals surface area contributed by atoms with Crippen molar-refractivity contribution in [3.63, 3.8) is 0 Å². The van der Waals surface area contributed by atoms with Gasteiger partial charge in [0.2, 0.25) is 0 Å². The highest BCUT2D eigenvalue weighted by molar-refractivity contribution is 8.14. The summed E-state index contributed by atoms with van der Waals surface area (Å²) < 4.78 is 39.9. The predicted molar refractivity (Wildman–Crippen MR) is 147 cm³/mol. The molecule has 0 N–H and O–H groups in total. The first kappa shape index (κ1) is 28.9. The summed E-state index contributed by atoms with van der Waals surface area (Å²) in [4.78, 5) is 32.5. The van der Waals surface area contributed by atoms with Gasteiger partial charge in [-0.05, 0) is 44.0 Å². The maximum Gasteiger partial charge on any atom is 0.529 e. The Hall–Kier alpha value is -3.11. The first-order valence-corrected chi connectivity index (χ1v) is 14.8. The molecule has 1 saturated heterocycles. The van der Waals surface area contributed by atoms with E-state index in [1.165, 1.54) is 23.6 Å². The molecule has 208 valence electrons. The zero-order valence-electron chi connectivity index (χ0n) is 22.2. The molecule has 2 atom stereocenters. The third kappa shape index (κ3) is 6.73. The van der Waals surface area contributed by atoms with Crippen LogP contribution in [-0.2, 0) is 45.5 Å². The molecule has 4 rings (SSSR count). The third-order valence-electron chi connectivity index (χ3n) is 5.87. The Labute approximate surface area is 231 Å². The van der Waals surface area contributed by atoms with Crippen molar-refractivity contribution in [1.82, 2.24) is 4.90 Å². The number of likely N-dealkylation sites (tertiary alicyclic amines) is 1. The number of fused-ring (bicyclic) bond motifs is 1. The molecular weight excluding hydrogens is 543 g/mol. The van der Waals surface area contributed by atoms with Crippen LogP contribution in [0.5, 0.6) is 5.75 Å². The van der Waals surface area contributed by atoms with E-state index in [9.17, 15) is 14.2 Å². The minimum absolute atomic E-state index is 0.0572. The lowest BCUT2D eigenvalue weighted by Crippen LogP contribution is -2.61. The number of esters is 1. The lowest BCUT2D eigenvalue weighted by molar-refractivity contribution is -0.151. The van der Waals surface area contributed by atoms with Gasteiger partial charge in [0, 0.05) is 6.42 Å². The normalized spacial score (nSPS) is 19.0. The van der Waals surface area contributed by atoms with Crippen LogP contribution in [0.15, 0.2) is 71.0 Å². The molecule has 2 aromatic carbocycles. The monoisotopic (exact) mass is 574 g/mol. The molecule has 12 heteroatoms. The van der Waals surface area contributed by atoms with Gasteiger partial charge in [-0.3, -0.25) is 23.7 Å². The summed E-state index contributed by atoms with van der Waals surface area (Å²) in [6, 6.07) is 16.2. The number of methoxy groups -OCH3 is 1. The Morgan fingerprint density at radius 3 is 2.31 bits per heavy atom. The van der Waals surface area contributed by atoms with Gasteiger partial charge in [0.05, 0.1) is 25.4 Å². The van der Waals surface area contributed by atoms with E-state index in [1.807, 2.05) is 30.3 Å². The Kier molecular flexibility index (Phi) is 9.50. The number of benzene rings is 2. The maximum atomic E-state index is 13.4. The van der Waals surface area contributed by atoms with Crippen molar-refractivity contribution in [2.75, 3.05) is 20.3 Å². The van der Waals surface area contributed by atoms with Crippen molar-refractivity contribution in [1.29, 1.82) is 0 Å². The topological polar surface area (TPSA) is 113 Å². The first-order chi connectivity index (χ1) is 18.8. The van der Waals surface area contributed by atoms with Crippen LogP contribution in [0.4, 0.5) is 0 Å². The molecule has 39 heavy (non-hydrogen) atoms. The number of hydrogen-bond donors (Lipinski definition) is 0. The second-order valence-corrected chi connectivity index (χ2v) is 11.3. The Morgan fingerprint density at radius 2 is 1.69 bits per heavy atom. The van der Waals surface area contributed by atoms with E-state index in [0.29, 0.717) is 17.7 Å². The number of ether oxygens (including phenoxy) is 2. The number of carbonyl (C=O) groups is 2. The van der Waals surface area contributed by atoms with E-state index < -0.39 is 25.2 Å². The number of thioether (sulfide) groups is 1. The minimum Gasteiger partial charge on any atom is -0.497 e. The van der Waals surface area contributed by atoms with E-state index in [1.54, 1.807) is 45.2 Å². The van der Waals surface area contributed by atoms with Crippen molar-refractivity contribution in [3.05, 3.63) is 77.2 Å². The second-order valence-electron chi connectivity index (χ2n) is 8.55. The van der Waals surface area contributed by atoms with Gasteiger partial charge in [-0.25, -0.2) is 9.36 Å². The molecule has 2 heterocycles. The van der Waals surface area contributed by atoms with Crippen LogP contribution in [0.25, 0.3) is 0 Å². The molecule has 2 aliphatic heterocycles. The quantitative estimate of drug-likeness (QED) is 0.106. The Balaban J connectivity index is 1.57. The summed E-state index contributed by atoms with van der Waals surface area (Å²) in [6.45, 7) is 4.77. The molecule has 0 radical (unpaired) electrons. The molecule has 0 bridgehead atoms. The molecule has 2 unspecified atom stereocenters. The fourth-order valence-corrected chi connectivity index (χ4v) is 6.63. The van der Waals surface area contributed by atoms with Gasteiger partial charge in [0.15, 0.2) is 11.7 Å². The molecule has 0 saturated carbocycles. The first-order valence-electron chi connectivity index (χ1n) is 12.5. The van der Waals surface area contributed by atoms with Gasteiger partial charge in [-0.15, -0.1) is 0 Å². The van der Waals surface area contributed by atoms with Crippen molar-refractivity contribution in [2.24, 2.45) is 4.99 Å². The van der Waals surface area contributed by atoms with Gasteiger partial charge in [0.25, 0.3) is 5.91 Å². The van der Waals surface area contributed by atoms with Gasteiger partial charge in [0.1, 0.15) is 23.5 Å². The van der Waals surface area contributed by atoms with E-state index in [0.717, 1.165) is 10.6 Å². The summed E-state index contributed by atoms with van der Waals surface area (Å²) in [5, 5.41) is 0.322. The average Bonchev–Trinajstić information content (AvgIpc) is 3.29. The van der Waals surface area contributed by atoms with Gasteiger partial charge < -0.3 is 14.0 Å². The average molecular weight is 575 g/mol. The van der Waals surface area contributed by atoms with Gasteiger partial charge in [-0.2, -0.15) is 0 Å². The van der Waals surface area contributed by atoms with Crippen LogP contribution < -0.4 is 4.74 Å². The fraction of sp³-hybridized carbons (Fsp3) is 0.370. The minimum atomic E-state index is -4.04. The standard InChI is InChI=1S/C27H31N2O8PS/c1-5-35-38(32,36-6-2)37-18(3)24(27(31)34-17-20-12-14-21(33-4)15-13-20)29-25(30)23-26(29)39-22(28-23)16-19-10-8-7-9-11-19/h7-15,23,26H,5-6,16-17H2,1-4H3. The largest absolute Gasteiger partial charge is 0.529 e. The van der Waals surface area contributed by atoms with E-state index in [2.05, 4.69) is 4.99 Å². The van der Waals surface area contributed by atoms with Crippen LogP contribution in [0, 0.1) is 0 Å². The number of phosphoric ester groups is 1. The number of phosphoric acid groups is 1.